The molecule has 1 amide bonds. The van der Waals surface area contributed by atoms with E-state index >= 15 is 0 Å². The molecular weight excluding hydrogens is 306 g/mol. The van der Waals surface area contributed by atoms with Gasteiger partial charge in [0.2, 0.25) is 0 Å². The van der Waals surface area contributed by atoms with Crippen LogP contribution in [0.15, 0.2) is 43.0 Å². The van der Waals surface area contributed by atoms with Gasteiger partial charge in [0.05, 0.1) is 6.10 Å². The second kappa shape index (κ2) is 6.37. The van der Waals surface area contributed by atoms with Crippen molar-refractivity contribution in [2.24, 2.45) is 0 Å². The van der Waals surface area contributed by atoms with E-state index in [1.54, 1.807) is 10.7 Å². The highest BCUT2D eigenvalue weighted by Gasteiger charge is 2.16. The molecule has 0 unspecified atom stereocenters. The maximum Gasteiger partial charge on any atom is 0.252 e. The summed E-state index contributed by atoms with van der Waals surface area (Å²) in [5.41, 5.74) is 2.52. The normalized spacial score (nSPS) is 17.2. The van der Waals surface area contributed by atoms with Crippen molar-refractivity contribution in [3.63, 3.8) is 0 Å². The molecule has 0 spiro atoms. The third-order valence-electron chi connectivity index (χ3n) is 4.13. The average Bonchev–Trinajstić information content (AvgIpc) is 3.30. The molecule has 1 N–H and O–H groups in total. The summed E-state index contributed by atoms with van der Waals surface area (Å²) in [7, 11) is 0. The number of nitrogens with zero attached hydrogens (tertiary/aromatic N) is 4. The fourth-order valence-electron chi connectivity index (χ4n) is 2.80. The lowest BCUT2D eigenvalue weighted by atomic mass is 10.1. The highest BCUT2D eigenvalue weighted by atomic mass is 16.5. The second-order valence-corrected chi connectivity index (χ2v) is 5.77. The minimum absolute atomic E-state index is 0.0816. The van der Waals surface area contributed by atoms with Crippen LogP contribution in [0.1, 0.15) is 23.2 Å². The van der Waals surface area contributed by atoms with E-state index in [1.807, 2.05) is 30.5 Å². The summed E-state index contributed by atoms with van der Waals surface area (Å²) in [6.45, 7) is 1.35. The van der Waals surface area contributed by atoms with Crippen molar-refractivity contribution in [2.75, 3.05) is 13.2 Å². The number of benzene rings is 1. The van der Waals surface area contributed by atoms with E-state index in [-0.39, 0.29) is 12.0 Å². The monoisotopic (exact) mass is 323 g/mol. The second-order valence-electron chi connectivity index (χ2n) is 5.77. The predicted molar refractivity (Wildman–Crippen MR) is 87.5 cm³/mol. The molecular formula is C17H17N5O2. The van der Waals surface area contributed by atoms with Crippen LogP contribution in [-0.4, -0.2) is 44.7 Å². The van der Waals surface area contributed by atoms with E-state index in [1.165, 1.54) is 6.33 Å². The number of aromatic nitrogens is 4. The lowest BCUT2D eigenvalue weighted by Gasteiger charge is -2.11. The first-order chi connectivity index (χ1) is 11.8. The molecule has 1 atom stereocenters. The van der Waals surface area contributed by atoms with Gasteiger partial charge in [-0.05, 0) is 30.5 Å². The van der Waals surface area contributed by atoms with Crippen LogP contribution < -0.4 is 5.32 Å². The van der Waals surface area contributed by atoms with Crippen LogP contribution in [-0.2, 0) is 4.74 Å². The van der Waals surface area contributed by atoms with Crippen LogP contribution in [0.4, 0.5) is 0 Å². The van der Waals surface area contributed by atoms with Gasteiger partial charge in [-0.3, -0.25) is 4.79 Å². The molecule has 4 rings (SSSR count). The Kier molecular flexibility index (Phi) is 3.92. The third kappa shape index (κ3) is 2.98. The summed E-state index contributed by atoms with van der Waals surface area (Å²) in [6, 6.07) is 7.43. The smallest absolute Gasteiger partial charge is 0.252 e. The fourth-order valence-corrected chi connectivity index (χ4v) is 2.80. The summed E-state index contributed by atoms with van der Waals surface area (Å²) in [5, 5.41) is 7.00. The minimum atomic E-state index is -0.0816. The molecule has 0 bridgehead atoms. The summed E-state index contributed by atoms with van der Waals surface area (Å²) < 4.78 is 7.13. The van der Waals surface area contributed by atoms with Gasteiger partial charge in [0.25, 0.3) is 11.7 Å². The van der Waals surface area contributed by atoms with Gasteiger partial charge in [-0.2, -0.15) is 10.1 Å². The number of carbonyl (C=O) groups is 1. The van der Waals surface area contributed by atoms with Crippen LogP contribution in [0.5, 0.6) is 0 Å². The van der Waals surface area contributed by atoms with Gasteiger partial charge >= 0.3 is 0 Å². The van der Waals surface area contributed by atoms with Crippen molar-refractivity contribution in [3.8, 4) is 11.1 Å². The van der Waals surface area contributed by atoms with E-state index in [0.29, 0.717) is 17.9 Å². The summed E-state index contributed by atoms with van der Waals surface area (Å²) in [5.74, 6) is 0.478. The number of hydrogen-bond acceptors (Lipinski definition) is 5. The minimum Gasteiger partial charge on any atom is -0.376 e. The van der Waals surface area contributed by atoms with Gasteiger partial charge in [-0.1, -0.05) is 12.1 Å². The van der Waals surface area contributed by atoms with E-state index < -0.39 is 0 Å². The number of hydrogen-bond donors (Lipinski definition) is 1. The topological polar surface area (TPSA) is 81.4 Å². The summed E-state index contributed by atoms with van der Waals surface area (Å²) in [6.07, 6.45) is 7.30. The van der Waals surface area contributed by atoms with Gasteiger partial charge in [-0.15, -0.1) is 0 Å². The van der Waals surface area contributed by atoms with Crippen molar-refractivity contribution in [2.45, 2.75) is 18.9 Å². The van der Waals surface area contributed by atoms with Crippen molar-refractivity contribution in [1.82, 2.24) is 24.9 Å². The standard InChI is InChI=1S/C17H17N5O2/c23-16(18-9-15-2-1-7-24-15)13-5-3-12(4-6-13)14-8-19-17-20-11-21-22(17)10-14/h3-6,8,10-11,15H,1-2,7,9H2,(H,18,23)/t15-/m1/s1. The Morgan fingerprint density at radius 2 is 2.12 bits per heavy atom. The molecule has 0 saturated carbocycles. The Bertz CT molecular complexity index is 853. The third-order valence-corrected chi connectivity index (χ3v) is 4.13. The Balaban J connectivity index is 1.46. The maximum absolute atomic E-state index is 12.2. The Morgan fingerprint density at radius 3 is 2.92 bits per heavy atom. The molecule has 24 heavy (non-hydrogen) atoms. The first-order valence-corrected chi connectivity index (χ1v) is 7.95. The summed E-state index contributed by atoms with van der Waals surface area (Å²) >= 11 is 0. The number of nitrogens with one attached hydrogen (secondary N) is 1. The number of rotatable bonds is 4. The molecule has 7 nitrogen and oxygen atoms in total. The molecule has 0 radical (unpaired) electrons. The van der Waals surface area contributed by atoms with Crippen LogP contribution in [0.3, 0.4) is 0 Å². The van der Waals surface area contributed by atoms with Gasteiger partial charge in [-0.25, -0.2) is 9.50 Å². The molecule has 0 aliphatic carbocycles. The molecule has 3 heterocycles. The first-order valence-electron chi connectivity index (χ1n) is 7.95. The van der Waals surface area contributed by atoms with Crippen molar-refractivity contribution < 1.29 is 9.53 Å². The molecule has 1 aliphatic rings. The largest absolute Gasteiger partial charge is 0.376 e. The first kappa shape index (κ1) is 14.8. The zero-order chi connectivity index (χ0) is 16.4. The number of ether oxygens (including phenoxy) is 1. The van der Waals surface area contributed by atoms with E-state index in [0.717, 1.165) is 30.6 Å². The molecule has 1 aromatic carbocycles. The zero-order valence-electron chi connectivity index (χ0n) is 13.1. The van der Waals surface area contributed by atoms with Gasteiger partial charge in [0, 0.05) is 36.7 Å². The van der Waals surface area contributed by atoms with Crippen molar-refractivity contribution in [1.29, 1.82) is 0 Å². The quantitative estimate of drug-likeness (QED) is 0.790. The van der Waals surface area contributed by atoms with Crippen LogP contribution in [0, 0.1) is 0 Å². The predicted octanol–water partition coefficient (Wildman–Crippen LogP) is 1.70. The molecule has 7 heteroatoms. The fraction of sp³-hybridized carbons (Fsp3) is 0.294. The van der Waals surface area contributed by atoms with Crippen molar-refractivity contribution in [3.05, 3.63) is 48.5 Å². The van der Waals surface area contributed by atoms with E-state index in [2.05, 4.69) is 20.4 Å². The van der Waals surface area contributed by atoms with E-state index in [4.69, 9.17) is 4.74 Å². The van der Waals surface area contributed by atoms with Gasteiger partial charge in [0.15, 0.2) is 0 Å². The molecule has 1 fully saturated rings. The number of carbonyl (C=O) groups excluding carboxylic acids is 1. The number of amides is 1. The lowest BCUT2D eigenvalue weighted by Crippen LogP contribution is -2.31. The zero-order valence-corrected chi connectivity index (χ0v) is 13.1. The SMILES string of the molecule is O=C(NC[C@H]1CCCO1)c1ccc(-c2cnc3ncnn3c2)cc1. The van der Waals surface area contributed by atoms with Gasteiger partial charge in [0.1, 0.15) is 6.33 Å². The molecule has 122 valence electrons. The van der Waals surface area contributed by atoms with Crippen LogP contribution in [0.2, 0.25) is 0 Å². The highest BCUT2D eigenvalue weighted by molar-refractivity contribution is 5.94. The van der Waals surface area contributed by atoms with Crippen LogP contribution >= 0.6 is 0 Å². The Morgan fingerprint density at radius 1 is 1.25 bits per heavy atom. The van der Waals surface area contributed by atoms with Crippen LogP contribution in [0.25, 0.3) is 16.9 Å². The number of fused-ring (bicyclic) bond motifs is 1. The Hall–Kier alpha value is -2.80. The maximum atomic E-state index is 12.2. The summed E-state index contributed by atoms with van der Waals surface area (Å²) in [4.78, 5) is 20.5. The molecule has 3 aromatic rings. The highest BCUT2D eigenvalue weighted by Crippen LogP contribution is 2.19. The molecule has 2 aromatic heterocycles. The Labute approximate surface area is 138 Å². The average molecular weight is 323 g/mol. The molecule has 1 saturated heterocycles. The van der Waals surface area contributed by atoms with E-state index in [9.17, 15) is 4.79 Å². The van der Waals surface area contributed by atoms with Crippen molar-refractivity contribution >= 4 is 11.7 Å². The molecule has 1 aliphatic heterocycles. The van der Waals surface area contributed by atoms with Gasteiger partial charge < -0.3 is 10.1 Å². The lowest BCUT2D eigenvalue weighted by molar-refractivity contribution is 0.0858.